The number of carbonyl (C=O) groups excluding carboxylic acids is 1. The van der Waals surface area contributed by atoms with Gasteiger partial charge in [-0.25, -0.2) is 4.98 Å². The first-order valence-electron chi connectivity index (χ1n) is 9.12. The van der Waals surface area contributed by atoms with Crippen LogP contribution in [0.25, 0.3) is 17.6 Å². The Labute approximate surface area is 158 Å². The molecule has 5 heteroatoms. The van der Waals surface area contributed by atoms with Crippen LogP contribution in [0.15, 0.2) is 31.0 Å². The fourth-order valence-corrected chi connectivity index (χ4v) is 2.51. The lowest BCUT2D eigenvalue weighted by molar-refractivity contribution is 0.100. The molecule has 0 fully saturated rings. The molecule has 0 amide bonds. The summed E-state index contributed by atoms with van der Waals surface area (Å²) in [6.07, 6.45) is 10.6. The number of nitrogens with one attached hydrogen (secondary N) is 1. The number of Topliss-reactive ketones (excluding diaryl/α,β-unsaturated/α-hetero) is 1. The number of hydrogen-bond acceptors (Lipinski definition) is 4. The van der Waals surface area contributed by atoms with Crippen LogP contribution < -0.4 is 5.32 Å². The van der Waals surface area contributed by atoms with Crippen LogP contribution in [0.5, 0.6) is 0 Å². The number of aromatic nitrogens is 2. The Hall–Kier alpha value is -2.56. The molecule has 0 saturated heterocycles. The number of ketones is 1. The number of nitrogens with zero attached hydrogens (tertiary/aromatic N) is 3. The number of rotatable bonds is 4. The van der Waals surface area contributed by atoms with Gasteiger partial charge in [-0.05, 0) is 20.3 Å². The van der Waals surface area contributed by atoms with Crippen LogP contribution in [-0.2, 0) is 0 Å². The second-order valence-electron chi connectivity index (χ2n) is 5.33. The Balaban J connectivity index is 0.00000113. The molecule has 0 aromatic carbocycles. The number of fused-ring (bicyclic) bond motifs is 1. The third-order valence-corrected chi connectivity index (χ3v) is 3.50. The van der Waals surface area contributed by atoms with Crippen LogP contribution in [-0.4, -0.2) is 34.3 Å². The first kappa shape index (κ1) is 23.4. The van der Waals surface area contributed by atoms with Crippen molar-refractivity contribution in [1.82, 2.24) is 19.8 Å². The van der Waals surface area contributed by atoms with E-state index in [4.69, 9.17) is 0 Å². The number of allylic oxidation sites excluding steroid dienone is 3. The summed E-state index contributed by atoms with van der Waals surface area (Å²) in [5, 5.41) is 3.15. The summed E-state index contributed by atoms with van der Waals surface area (Å²) < 4.78 is 1.88. The van der Waals surface area contributed by atoms with E-state index in [1.165, 1.54) is 0 Å². The van der Waals surface area contributed by atoms with Crippen molar-refractivity contribution in [2.75, 3.05) is 14.1 Å². The van der Waals surface area contributed by atoms with Gasteiger partial charge in [-0.1, -0.05) is 39.0 Å². The van der Waals surface area contributed by atoms with Gasteiger partial charge in [-0.2, -0.15) is 0 Å². The van der Waals surface area contributed by atoms with Crippen LogP contribution >= 0.6 is 0 Å². The molecule has 0 atom stereocenters. The zero-order valence-electron chi connectivity index (χ0n) is 17.6. The predicted molar refractivity (Wildman–Crippen MR) is 114 cm³/mol. The van der Waals surface area contributed by atoms with E-state index < -0.39 is 0 Å². The van der Waals surface area contributed by atoms with Gasteiger partial charge in [0.2, 0.25) is 0 Å². The molecule has 1 aromatic rings. The van der Waals surface area contributed by atoms with Gasteiger partial charge in [0.05, 0.1) is 17.1 Å². The van der Waals surface area contributed by atoms with E-state index in [9.17, 15) is 4.79 Å². The van der Waals surface area contributed by atoms with Gasteiger partial charge in [0, 0.05) is 33.4 Å². The average molecular weight is 359 g/mol. The molecule has 1 aliphatic heterocycles. The summed E-state index contributed by atoms with van der Waals surface area (Å²) in [6, 6.07) is 0. The quantitative estimate of drug-likeness (QED) is 0.607. The highest BCUT2D eigenvalue weighted by Gasteiger charge is 2.26. The maximum absolute atomic E-state index is 11.9. The molecule has 26 heavy (non-hydrogen) atoms. The van der Waals surface area contributed by atoms with Crippen molar-refractivity contribution in [1.29, 1.82) is 0 Å². The van der Waals surface area contributed by atoms with E-state index in [1.807, 2.05) is 64.8 Å². The maximum Gasteiger partial charge on any atom is 0.195 e. The van der Waals surface area contributed by atoms with Crippen molar-refractivity contribution < 1.29 is 4.79 Å². The Bertz CT molecular complexity index is 693. The lowest BCUT2D eigenvalue weighted by Gasteiger charge is -2.25. The topological polar surface area (TPSA) is 50.2 Å². The summed E-state index contributed by atoms with van der Waals surface area (Å²) in [6.45, 7) is 14.8. The van der Waals surface area contributed by atoms with Crippen LogP contribution in [0.1, 0.15) is 70.0 Å². The maximum atomic E-state index is 11.9. The molecule has 2 heterocycles. The minimum Gasteiger partial charge on any atom is -0.387 e. The second kappa shape index (κ2) is 11.9. The zero-order chi connectivity index (χ0) is 20.3. The highest BCUT2D eigenvalue weighted by atomic mass is 16.1. The smallest absolute Gasteiger partial charge is 0.195 e. The van der Waals surface area contributed by atoms with Crippen molar-refractivity contribution in [3.8, 4) is 0 Å². The SMILES string of the molecule is C/C=C(\NC)c1nc(C(C)=O)n2c1/C(=C/CC)N(C)C=C2.C=CC.CC. The molecule has 0 spiro atoms. The van der Waals surface area contributed by atoms with Crippen LogP contribution in [0.3, 0.4) is 0 Å². The minimum absolute atomic E-state index is 0.0425. The van der Waals surface area contributed by atoms with Crippen LogP contribution in [0, 0.1) is 0 Å². The highest BCUT2D eigenvalue weighted by Crippen LogP contribution is 2.31. The van der Waals surface area contributed by atoms with Crippen LogP contribution in [0.4, 0.5) is 0 Å². The van der Waals surface area contributed by atoms with Crippen molar-refractivity contribution >= 4 is 23.4 Å². The number of hydrogen-bond donors (Lipinski definition) is 1. The number of carbonyl (C=O) groups is 1. The standard InChI is InChI=1S/C16H22N4O.C3H6.C2H6/c1-6-8-13-15-14(12(7-2)17-4)18-16(11(3)21)20(15)10-9-19(13)5;1-3-2;1-2/h7-10,17H,6H2,1-5H3;3H,1H2,2H3;1-2H3/b12-7-,13-8-;;. The lowest BCUT2D eigenvalue weighted by Crippen LogP contribution is -2.19. The van der Waals surface area contributed by atoms with Crippen molar-refractivity contribution in [3.05, 3.63) is 48.2 Å². The molecule has 0 bridgehead atoms. The highest BCUT2D eigenvalue weighted by molar-refractivity contribution is 5.94. The Morgan fingerprint density at radius 3 is 2.31 bits per heavy atom. The molecule has 2 rings (SSSR count). The summed E-state index contributed by atoms with van der Waals surface area (Å²) in [5.74, 6) is 0.417. The number of imidazole rings is 1. The van der Waals surface area contributed by atoms with Crippen molar-refractivity contribution in [3.63, 3.8) is 0 Å². The van der Waals surface area contributed by atoms with Gasteiger partial charge in [0.25, 0.3) is 0 Å². The Kier molecular flexibility index (Phi) is 10.7. The monoisotopic (exact) mass is 358 g/mol. The minimum atomic E-state index is -0.0425. The van der Waals surface area contributed by atoms with Gasteiger partial charge in [0.15, 0.2) is 11.6 Å². The van der Waals surface area contributed by atoms with Gasteiger partial charge in [-0.15, -0.1) is 6.58 Å². The van der Waals surface area contributed by atoms with Gasteiger partial charge >= 0.3 is 0 Å². The molecule has 1 N–H and O–H groups in total. The molecule has 0 unspecified atom stereocenters. The van der Waals surface area contributed by atoms with Crippen molar-refractivity contribution in [2.45, 2.75) is 48.0 Å². The van der Waals surface area contributed by atoms with Crippen LogP contribution in [0.2, 0.25) is 0 Å². The molecule has 0 radical (unpaired) electrons. The summed E-state index contributed by atoms with van der Waals surface area (Å²) in [4.78, 5) is 18.5. The molecule has 144 valence electrons. The van der Waals surface area contributed by atoms with E-state index in [1.54, 1.807) is 13.0 Å². The zero-order valence-corrected chi connectivity index (χ0v) is 17.6. The van der Waals surface area contributed by atoms with E-state index in [2.05, 4.69) is 34.8 Å². The van der Waals surface area contributed by atoms with Gasteiger partial charge in [0.1, 0.15) is 5.69 Å². The Morgan fingerprint density at radius 2 is 1.88 bits per heavy atom. The molecule has 5 nitrogen and oxygen atoms in total. The summed E-state index contributed by atoms with van der Waals surface area (Å²) in [5.41, 5.74) is 3.73. The first-order chi connectivity index (χ1) is 12.5. The predicted octanol–water partition coefficient (Wildman–Crippen LogP) is 5.01. The van der Waals surface area contributed by atoms with E-state index in [0.717, 1.165) is 29.2 Å². The van der Waals surface area contributed by atoms with Crippen molar-refractivity contribution in [2.24, 2.45) is 0 Å². The summed E-state index contributed by atoms with van der Waals surface area (Å²) >= 11 is 0. The average Bonchev–Trinajstić information content (AvgIpc) is 3.01. The third kappa shape index (κ3) is 5.22. The van der Waals surface area contributed by atoms with E-state index in [0.29, 0.717) is 5.82 Å². The summed E-state index contributed by atoms with van der Waals surface area (Å²) in [7, 11) is 3.86. The second-order valence-corrected chi connectivity index (χ2v) is 5.33. The van der Waals surface area contributed by atoms with E-state index >= 15 is 0 Å². The molecule has 1 aromatic heterocycles. The molecule has 1 aliphatic rings. The first-order valence-corrected chi connectivity index (χ1v) is 9.12. The molecule has 0 saturated carbocycles. The fourth-order valence-electron chi connectivity index (χ4n) is 2.51. The van der Waals surface area contributed by atoms with Gasteiger partial charge < -0.3 is 10.2 Å². The lowest BCUT2D eigenvalue weighted by atomic mass is 10.1. The largest absolute Gasteiger partial charge is 0.387 e. The fraction of sp³-hybridized carbons (Fsp3) is 0.429. The molecular formula is C21H34N4O. The molecular weight excluding hydrogens is 324 g/mol. The normalized spacial score (nSPS) is 13.9. The third-order valence-electron chi connectivity index (χ3n) is 3.50. The Morgan fingerprint density at radius 1 is 1.31 bits per heavy atom. The van der Waals surface area contributed by atoms with E-state index in [-0.39, 0.29) is 5.78 Å². The van der Waals surface area contributed by atoms with Gasteiger partial charge in [-0.3, -0.25) is 9.36 Å². The molecule has 0 aliphatic carbocycles.